The maximum atomic E-state index is 11.4. The summed E-state index contributed by atoms with van der Waals surface area (Å²) in [6.45, 7) is 12.0. The molecule has 1 saturated carbocycles. The molecule has 1 aliphatic rings. The SMILES string of the molecule is C[C@@H]1CC[C@H](NCCCNC(=O)OC(C)(C)C)C[C@@H]1C. The predicted octanol–water partition coefficient (Wildman–Crippen LogP) is 3.32. The summed E-state index contributed by atoms with van der Waals surface area (Å²) in [5.41, 5.74) is -0.419. The van der Waals surface area contributed by atoms with E-state index in [-0.39, 0.29) is 6.09 Å². The molecule has 1 fully saturated rings. The van der Waals surface area contributed by atoms with Crippen LogP contribution in [0.25, 0.3) is 0 Å². The van der Waals surface area contributed by atoms with E-state index in [0.717, 1.165) is 24.8 Å². The minimum atomic E-state index is -0.419. The van der Waals surface area contributed by atoms with Gasteiger partial charge in [-0.3, -0.25) is 0 Å². The fourth-order valence-electron chi connectivity index (χ4n) is 2.63. The number of amides is 1. The summed E-state index contributed by atoms with van der Waals surface area (Å²) in [4.78, 5) is 11.4. The van der Waals surface area contributed by atoms with Gasteiger partial charge in [0.2, 0.25) is 0 Å². The Balaban J connectivity index is 2.04. The molecule has 0 aromatic heterocycles. The van der Waals surface area contributed by atoms with Gasteiger partial charge in [0, 0.05) is 12.6 Å². The first-order valence-electron chi connectivity index (χ1n) is 7.98. The Morgan fingerprint density at radius 2 is 1.85 bits per heavy atom. The molecule has 0 aliphatic heterocycles. The zero-order chi connectivity index (χ0) is 15.2. The van der Waals surface area contributed by atoms with E-state index in [0.29, 0.717) is 12.6 Å². The fourth-order valence-corrected chi connectivity index (χ4v) is 2.63. The van der Waals surface area contributed by atoms with Crippen molar-refractivity contribution in [1.29, 1.82) is 0 Å². The molecule has 0 bridgehead atoms. The van der Waals surface area contributed by atoms with Gasteiger partial charge in [-0.2, -0.15) is 0 Å². The Morgan fingerprint density at radius 3 is 2.45 bits per heavy atom. The number of hydrogen-bond donors (Lipinski definition) is 2. The summed E-state index contributed by atoms with van der Waals surface area (Å²) in [7, 11) is 0. The van der Waals surface area contributed by atoms with Crippen molar-refractivity contribution in [2.24, 2.45) is 11.8 Å². The van der Waals surface area contributed by atoms with Crippen molar-refractivity contribution in [3.8, 4) is 0 Å². The molecule has 1 amide bonds. The third-order valence-electron chi connectivity index (χ3n) is 4.05. The Morgan fingerprint density at radius 1 is 1.15 bits per heavy atom. The van der Waals surface area contributed by atoms with Crippen molar-refractivity contribution in [2.45, 2.75) is 71.9 Å². The van der Waals surface area contributed by atoms with Gasteiger partial charge in [0.1, 0.15) is 5.60 Å². The Labute approximate surface area is 124 Å². The molecular formula is C16H32N2O2. The van der Waals surface area contributed by atoms with Crippen LogP contribution in [-0.4, -0.2) is 30.8 Å². The molecule has 4 nitrogen and oxygen atoms in total. The van der Waals surface area contributed by atoms with E-state index < -0.39 is 5.60 Å². The zero-order valence-electron chi connectivity index (χ0n) is 13.8. The second kappa shape index (κ2) is 7.87. The molecule has 0 aromatic carbocycles. The quantitative estimate of drug-likeness (QED) is 0.761. The summed E-state index contributed by atoms with van der Waals surface area (Å²) in [5.74, 6) is 1.68. The number of alkyl carbamates (subject to hydrolysis) is 1. The second-order valence-corrected chi connectivity index (χ2v) is 7.20. The smallest absolute Gasteiger partial charge is 0.407 e. The molecule has 0 saturated heterocycles. The molecule has 4 heteroatoms. The first-order valence-corrected chi connectivity index (χ1v) is 7.98. The third kappa shape index (κ3) is 7.13. The fraction of sp³-hybridized carbons (Fsp3) is 0.938. The van der Waals surface area contributed by atoms with Gasteiger partial charge in [-0.25, -0.2) is 4.79 Å². The molecule has 0 heterocycles. The van der Waals surface area contributed by atoms with Crippen LogP contribution >= 0.6 is 0 Å². The monoisotopic (exact) mass is 284 g/mol. The van der Waals surface area contributed by atoms with Crippen LogP contribution in [0.5, 0.6) is 0 Å². The highest BCUT2D eigenvalue weighted by atomic mass is 16.6. The van der Waals surface area contributed by atoms with E-state index in [9.17, 15) is 4.79 Å². The zero-order valence-corrected chi connectivity index (χ0v) is 13.8. The number of nitrogens with one attached hydrogen (secondary N) is 2. The standard InChI is InChI=1S/C16H32N2O2/c1-12-7-8-14(11-13(12)2)17-9-6-10-18-15(19)20-16(3,4)5/h12-14,17H,6-11H2,1-5H3,(H,18,19)/t12-,13+,14+/m1/s1. The maximum Gasteiger partial charge on any atom is 0.407 e. The first kappa shape index (κ1) is 17.3. The van der Waals surface area contributed by atoms with Crippen molar-refractivity contribution in [2.75, 3.05) is 13.1 Å². The van der Waals surface area contributed by atoms with Crippen LogP contribution in [0.15, 0.2) is 0 Å². The van der Waals surface area contributed by atoms with Crippen LogP contribution < -0.4 is 10.6 Å². The largest absolute Gasteiger partial charge is 0.444 e. The van der Waals surface area contributed by atoms with Gasteiger partial charge in [0.25, 0.3) is 0 Å². The minimum Gasteiger partial charge on any atom is -0.444 e. The van der Waals surface area contributed by atoms with Crippen LogP contribution in [0, 0.1) is 11.8 Å². The summed E-state index contributed by atoms with van der Waals surface area (Å²) in [6.07, 6.45) is 4.51. The lowest BCUT2D eigenvalue weighted by Gasteiger charge is -2.32. The van der Waals surface area contributed by atoms with Gasteiger partial charge in [-0.1, -0.05) is 13.8 Å². The molecule has 0 radical (unpaired) electrons. The lowest BCUT2D eigenvalue weighted by atomic mass is 9.79. The van der Waals surface area contributed by atoms with Crippen molar-refractivity contribution in [1.82, 2.24) is 10.6 Å². The average molecular weight is 284 g/mol. The summed E-state index contributed by atoms with van der Waals surface area (Å²) >= 11 is 0. The molecule has 118 valence electrons. The second-order valence-electron chi connectivity index (χ2n) is 7.20. The number of carbonyl (C=O) groups is 1. The highest BCUT2D eigenvalue weighted by molar-refractivity contribution is 5.67. The van der Waals surface area contributed by atoms with Crippen LogP contribution in [0.1, 0.15) is 60.3 Å². The van der Waals surface area contributed by atoms with Crippen LogP contribution in [-0.2, 0) is 4.74 Å². The highest BCUT2D eigenvalue weighted by Crippen LogP contribution is 2.29. The van der Waals surface area contributed by atoms with Crippen molar-refractivity contribution >= 4 is 6.09 Å². The molecule has 0 aromatic rings. The van der Waals surface area contributed by atoms with E-state index in [4.69, 9.17) is 4.74 Å². The molecular weight excluding hydrogens is 252 g/mol. The Bertz CT molecular complexity index is 299. The maximum absolute atomic E-state index is 11.4. The Hall–Kier alpha value is -0.770. The Kier molecular flexibility index (Phi) is 6.80. The van der Waals surface area contributed by atoms with Crippen molar-refractivity contribution in [3.63, 3.8) is 0 Å². The number of hydrogen-bond acceptors (Lipinski definition) is 3. The average Bonchev–Trinajstić information content (AvgIpc) is 2.31. The van der Waals surface area contributed by atoms with Gasteiger partial charge in [-0.15, -0.1) is 0 Å². The van der Waals surface area contributed by atoms with Gasteiger partial charge < -0.3 is 15.4 Å². The molecule has 0 unspecified atom stereocenters. The molecule has 1 aliphatic carbocycles. The van der Waals surface area contributed by atoms with Crippen LogP contribution in [0.2, 0.25) is 0 Å². The predicted molar refractivity (Wildman–Crippen MR) is 82.8 cm³/mol. The number of carbonyl (C=O) groups excluding carboxylic acids is 1. The van der Waals surface area contributed by atoms with Gasteiger partial charge >= 0.3 is 6.09 Å². The van der Waals surface area contributed by atoms with Gasteiger partial charge in [0.15, 0.2) is 0 Å². The van der Waals surface area contributed by atoms with E-state index in [1.54, 1.807) is 0 Å². The topological polar surface area (TPSA) is 50.4 Å². The highest BCUT2D eigenvalue weighted by Gasteiger charge is 2.23. The number of ether oxygens (including phenoxy) is 1. The minimum absolute atomic E-state index is 0.322. The first-order chi connectivity index (χ1) is 9.28. The molecule has 3 atom stereocenters. The molecule has 0 spiro atoms. The van der Waals surface area contributed by atoms with Gasteiger partial charge in [0.05, 0.1) is 0 Å². The van der Waals surface area contributed by atoms with Crippen LogP contribution in [0.4, 0.5) is 4.79 Å². The summed E-state index contributed by atoms with van der Waals surface area (Å²) in [5, 5.41) is 6.39. The summed E-state index contributed by atoms with van der Waals surface area (Å²) < 4.78 is 5.19. The van der Waals surface area contributed by atoms with E-state index in [1.165, 1.54) is 19.3 Å². The molecule has 20 heavy (non-hydrogen) atoms. The number of rotatable bonds is 5. The summed E-state index contributed by atoms with van der Waals surface area (Å²) in [6, 6.07) is 0.655. The van der Waals surface area contributed by atoms with Crippen molar-refractivity contribution in [3.05, 3.63) is 0 Å². The lowest BCUT2D eigenvalue weighted by molar-refractivity contribution is 0.0527. The molecule has 2 N–H and O–H groups in total. The van der Waals surface area contributed by atoms with Crippen LogP contribution in [0.3, 0.4) is 0 Å². The van der Waals surface area contributed by atoms with E-state index >= 15 is 0 Å². The van der Waals surface area contributed by atoms with Crippen molar-refractivity contribution < 1.29 is 9.53 Å². The van der Waals surface area contributed by atoms with E-state index in [1.807, 2.05) is 20.8 Å². The third-order valence-corrected chi connectivity index (χ3v) is 4.05. The van der Waals surface area contributed by atoms with Gasteiger partial charge in [-0.05, 0) is 64.8 Å². The van der Waals surface area contributed by atoms with E-state index in [2.05, 4.69) is 24.5 Å². The normalized spacial score (nSPS) is 27.1. The lowest BCUT2D eigenvalue weighted by Crippen LogP contribution is -2.38. The molecule has 1 rings (SSSR count).